The molecule has 3 rings (SSSR count). The maximum Gasteiger partial charge on any atom is 0.257 e. The van der Waals surface area contributed by atoms with Crippen molar-refractivity contribution in [2.45, 2.75) is 18.9 Å². The first-order valence-electron chi connectivity index (χ1n) is 7.49. The fraction of sp³-hybridized carbons (Fsp3) is 0.278. The molecule has 2 aromatic rings. The Morgan fingerprint density at radius 1 is 1.13 bits per heavy atom. The van der Waals surface area contributed by atoms with Crippen molar-refractivity contribution < 1.29 is 18.3 Å². The van der Waals surface area contributed by atoms with Crippen LogP contribution in [0.5, 0.6) is 5.75 Å². The average Bonchev–Trinajstić information content (AvgIpc) is 3.37. The van der Waals surface area contributed by atoms with E-state index in [0.717, 1.165) is 36.3 Å². The van der Waals surface area contributed by atoms with E-state index in [9.17, 15) is 13.6 Å². The van der Waals surface area contributed by atoms with Gasteiger partial charge in [-0.05, 0) is 48.6 Å². The van der Waals surface area contributed by atoms with Crippen LogP contribution in [0.2, 0.25) is 0 Å². The van der Waals surface area contributed by atoms with E-state index in [4.69, 9.17) is 4.74 Å². The number of benzene rings is 2. The van der Waals surface area contributed by atoms with E-state index in [0.29, 0.717) is 5.92 Å². The molecule has 120 valence electrons. The number of carbonyl (C=O) groups is 1. The van der Waals surface area contributed by atoms with Gasteiger partial charge < -0.3 is 10.1 Å². The molecular weight excluding hydrogens is 300 g/mol. The van der Waals surface area contributed by atoms with Gasteiger partial charge in [-0.2, -0.15) is 0 Å². The van der Waals surface area contributed by atoms with E-state index in [-0.39, 0.29) is 6.04 Å². The third-order valence-electron chi connectivity index (χ3n) is 4.04. The number of nitrogens with one attached hydrogen (secondary N) is 1. The predicted octanol–water partition coefficient (Wildman–Crippen LogP) is 3.85. The normalized spacial score (nSPS) is 15.1. The quantitative estimate of drug-likeness (QED) is 0.909. The van der Waals surface area contributed by atoms with Gasteiger partial charge in [-0.1, -0.05) is 18.2 Å². The highest BCUT2D eigenvalue weighted by Crippen LogP contribution is 2.41. The molecule has 1 unspecified atom stereocenters. The smallest absolute Gasteiger partial charge is 0.257 e. The van der Waals surface area contributed by atoms with E-state index in [1.54, 1.807) is 19.2 Å². The van der Waals surface area contributed by atoms with Crippen molar-refractivity contribution in [3.05, 3.63) is 65.2 Å². The second-order valence-corrected chi connectivity index (χ2v) is 5.66. The molecule has 0 heterocycles. The summed E-state index contributed by atoms with van der Waals surface area (Å²) in [6, 6.07) is 10.5. The van der Waals surface area contributed by atoms with E-state index >= 15 is 0 Å². The van der Waals surface area contributed by atoms with Crippen LogP contribution in [-0.2, 0) is 0 Å². The van der Waals surface area contributed by atoms with Gasteiger partial charge in [0.1, 0.15) is 22.9 Å². The standard InChI is InChI=1S/C18H17F2NO2/c1-23-13-9-7-12(8-10-13)17(11-5-6-11)21-18(22)16-14(19)3-2-4-15(16)20/h2-4,7-11,17H,5-6H2,1H3,(H,21,22). The van der Waals surface area contributed by atoms with Crippen molar-refractivity contribution >= 4 is 5.91 Å². The minimum atomic E-state index is -0.855. The lowest BCUT2D eigenvalue weighted by Crippen LogP contribution is -2.31. The fourth-order valence-electron chi connectivity index (χ4n) is 2.64. The maximum absolute atomic E-state index is 13.8. The van der Waals surface area contributed by atoms with Crippen LogP contribution in [0.3, 0.4) is 0 Å². The molecule has 0 spiro atoms. The Morgan fingerprint density at radius 2 is 1.74 bits per heavy atom. The Kier molecular flexibility index (Phi) is 4.28. The van der Waals surface area contributed by atoms with Crippen LogP contribution in [0.4, 0.5) is 8.78 Å². The predicted molar refractivity (Wildman–Crippen MR) is 82.3 cm³/mol. The van der Waals surface area contributed by atoms with Crippen LogP contribution in [0.1, 0.15) is 34.8 Å². The number of hydrogen-bond acceptors (Lipinski definition) is 2. The molecule has 3 nitrogen and oxygen atoms in total. The summed E-state index contributed by atoms with van der Waals surface area (Å²) >= 11 is 0. The Labute approximate surface area is 133 Å². The molecule has 1 amide bonds. The number of hydrogen-bond donors (Lipinski definition) is 1. The largest absolute Gasteiger partial charge is 0.497 e. The molecule has 1 fully saturated rings. The van der Waals surface area contributed by atoms with Crippen molar-refractivity contribution in [1.82, 2.24) is 5.32 Å². The number of carbonyl (C=O) groups excluding carboxylic acids is 1. The Morgan fingerprint density at radius 3 is 2.26 bits per heavy atom. The summed E-state index contributed by atoms with van der Waals surface area (Å²) in [4.78, 5) is 12.3. The van der Waals surface area contributed by atoms with Crippen molar-refractivity contribution in [3.8, 4) is 5.75 Å². The van der Waals surface area contributed by atoms with Gasteiger partial charge >= 0.3 is 0 Å². The SMILES string of the molecule is COc1ccc(C(NC(=O)c2c(F)cccc2F)C2CC2)cc1. The summed E-state index contributed by atoms with van der Waals surface area (Å²) in [5.74, 6) is -1.43. The van der Waals surface area contributed by atoms with Crippen LogP contribution in [0.25, 0.3) is 0 Å². The monoisotopic (exact) mass is 317 g/mol. The van der Waals surface area contributed by atoms with E-state index < -0.39 is 23.1 Å². The Bertz CT molecular complexity index is 691. The van der Waals surface area contributed by atoms with Crippen molar-refractivity contribution in [2.75, 3.05) is 7.11 Å². The zero-order valence-corrected chi connectivity index (χ0v) is 12.7. The highest BCUT2D eigenvalue weighted by atomic mass is 19.1. The molecule has 0 aliphatic heterocycles. The molecule has 0 bridgehead atoms. The second-order valence-electron chi connectivity index (χ2n) is 5.66. The first-order valence-corrected chi connectivity index (χ1v) is 7.49. The van der Waals surface area contributed by atoms with Gasteiger partial charge in [0.15, 0.2) is 0 Å². The number of rotatable bonds is 5. The molecule has 5 heteroatoms. The minimum absolute atomic E-state index is 0.257. The molecule has 1 aliphatic carbocycles. The van der Waals surface area contributed by atoms with Crippen LogP contribution in [0.15, 0.2) is 42.5 Å². The Hall–Kier alpha value is -2.43. The van der Waals surface area contributed by atoms with Gasteiger partial charge in [-0.3, -0.25) is 4.79 Å². The minimum Gasteiger partial charge on any atom is -0.497 e. The molecule has 23 heavy (non-hydrogen) atoms. The molecule has 2 aromatic carbocycles. The summed E-state index contributed by atoms with van der Waals surface area (Å²) in [6.07, 6.45) is 1.97. The first-order chi connectivity index (χ1) is 11.1. The molecule has 1 atom stereocenters. The lowest BCUT2D eigenvalue weighted by molar-refractivity contribution is 0.0923. The highest BCUT2D eigenvalue weighted by Gasteiger charge is 2.34. The molecule has 0 saturated heterocycles. The lowest BCUT2D eigenvalue weighted by atomic mass is 10.0. The second kappa shape index (κ2) is 6.36. The number of amides is 1. The van der Waals surface area contributed by atoms with Gasteiger partial charge in [0.25, 0.3) is 5.91 Å². The zero-order valence-electron chi connectivity index (χ0n) is 12.7. The number of halogens is 2. The maximum atomic E-state index is 13.8. The van der Waals surface area contributed by atoms with Crippen LogP contribution >= 0.6 is 0 Å². The zero-order chi connectivity index (χ0) is 16.4. The molecule has 1 aliphatic rings. The summed E-state index contributed by atoms with van der Waals surface area (Å²) in [6.45, 7) is 0. The third kappa shape index (κ3) is 3.33. The summed E-state index contributed by atoms with van der Waals surface area (Å²) in [5, 5.41) is 2.77. The van der Waals surface area contributed by atoms with Gasteiger partial charge in [0, 0.05) is 0 Å². The Balaban J connectivity index is 1.83. The number of methoxy groups -OCH3 is 1. The summed E-state index contributed by atoms with van der Waals surface area (Å²) in [5.41, 5.74) is 0.366. The van der Waals surface area contributed by atoms with Crippen LogP contribution < -0.4 is 10.1 Å². The van der Waals surface area contributed by atoms with E-state index in [1.165, 1.54) is 6.07 Å². The first kappa shape index (κ1) is 15.5. The molecule has 1 saturated carbocycles. The van der Waals surface area contributed by atoms with E-state index in [2.05, 4.69) is 5.32 Å². The third-order valence-corrected chi connectivity index (χ3v) is 4.04. The number of ether oxygens (including phenoxy) is 1. The van der Waals surface area contributed by atoms with Crippen LogP contribution in [-0.4, -0.2) is 13.0 Å². The van der Waals surface area contributed by atoms with Gasteiger partial charge in [0.05, 0.1) is 13.2 Å². The van der Waals surface area contributed by atoms with Crippen molar-refractivity contribution in [2.24, 2.45) is 5.92 Å². The summed E-state index contributed by atoms with van der Waals surface area (Å²) < 4.78 is 32.6. The molecular formula is C18H17F2NO2. The van der Waals surface area contributed by atoms with Gasteiger partial charge in [0.2, 0.25) is 0 Å². The highest BCUT2D eigenvalue weighted by molar-refractivity contribution is 5.95. The summed E-state index contributed by atoms with van der Waals surface area (Å²) in [7, 11) is 1.58. The molecule has 0 aromatic heterocycles. The topological polar surface area (TPSA) is 38.3 Å². The van der Waals surface area contributed by atoms with Gasteiger partial charge in [-0.15, -0.1) is 0 Å². The van der Waals surface area contributed by atoms with E-state index in [1.807, 2.05) is 12.1 Å². The molecule has 0 radical (unpaired) electrons. The van der Waals surface area contributed by atoms with Crippen LogP contribution in [0, 0.1) is 17.6 Å². The van der Waals surface area contributed by atoms with Gasteiger partial charge in [-0.25, -0.2) is 8.78 Å². The van der Waals surface area contributed by atoms with Crippen molar-refractivity contribution in [3.63, 3.8) is 0 Å². The fourth-order valence-corrected chi connectivity index (χ4v) is 2.64. The lowest BCUT2D eigenvalue weighted by Gasteiger charge is -2.19. The molecule has 1 N–H and O–H groups in total. The van der Waals surface area contributed by atoms with Crippen molar-refractivity contribution in [1.29, 1.82) is 0 Å². The average molecular weight is 317 g/mol.